The minimum absolute atomic E-state index is 0.302. The van der Waals surface area contributed by atoms with Crippen molar-refractivity contribution in [3.63, 3.8) is 0 Å². The van der Waals surface area contributed by atoms with Crippen molar-refractivity contribution in [2.24, 2.45) is 17.8 Å². The number of aliphatic hydroxyl groups is 1. The largest absolute Gasteiger partial charge is 0.396 e. The lowest BCUT2D eigenvalue weighted by Crippen LogP contribution is -2.30. The van der Waals surface area contributed by atoms with Crippen molar-refractivity contribution in [2.45, 2.75) is 26.7 Å². The van der Waals surface area contributed by atoms with Gasteiger partial charge in [-0.25, -0.2) is 0 Å². The zero-order chi connectivity index (χ0) is 12.0. The maximum atomic E-state index is 9.20. The van der Waals surface area contributed by atoms with Gasteiger partial charge in [0.05, 0.1) is 0 Å². The van der Waals surface area contributed by atoms with Gasteiger partial charge in [0.15, 0.2) is 0 Å². The van der Waals surface area contributed by atoms with Crippen LogP contribution in [-0.4, -0.2) is 49.8 Å². The Morgan fingerprint density at radius 3 is 2.69 bits per heavy atom. The van der Waals surface area contributed by atoms with Crippen molar-refractivity contribution in [3.8, 4) is 0 Å². The quantitative estimate of drug-likeness (QED) is 0.642. The van der Waals surface area contributed by atoms with E-state index in [0.717, 1.165) is 19.0 Å². The fraction of sp³-hybridized carbons (Fsp3) is 1.00. The van der Waals surface area contributed by atoms with Crippen molar-refractivity contribution in [1.29, 1.82) is 0 Å². The van der Waals surface area contributed by atoms with Crippen molar-refractivity contribution in [3.05, 3.63) is 0 Å². The molecule has 0 bridgehead atoms. The SMILES string of the molecule is CC(C)C(CO)CNCCC1CCN(C)C1. The molecule has 3 heteroatoms. The Labute approximate surface area is 100 Å². The molecule has 0 aromatic heterocycles. The van der Waals surface area contributed by atoms with E-state index in [1.165, 1.54) is 25.9 Å². The van der Waals surface area contributed by atoms with Crippen LogP contribution in [-0.2, 0) is 0 Å². The van der Waals surface area contributed by atoms with Crippen LogP contribution in [0.3, 0.4) is 0 Å². The van der Waals surface area contributed by atoms with Crippen LogP contribution in [0.25, 0.3) is 0 Å². The maximum absolute atomic E-state index is 9.20. The summed E-state index contributed by atoms with van der Waals surface area (Å²) in [4.78, 5) is 2.41. The summed E-state index contributed by atoms with van der Waals surface area (Å²) in [6.45, 7) is 9.23. The van der Waals surface area contributed by atoms with E-state index < -0.39 is 0 Å². The third-order valence-corrected chi connectivity index (χ3v) is 3.80. The van der Waals surface area contributed by atoms with Crippen LogP contribution in [0, 0.1) is 17.8 Å². The van der Waals surface area contributed by atoms with Gasteiger partial charge in [-0.3, -0.25) is 0 Å². The molecule has 0 saturated carbocycles. The normalized spacial score (nSPS) is 24.2. The number of hydrogen-bond acceptors (Lipinski definition) is 3. The smallest absolute Gasteiger partial charge is 0.0473 e. The minimum atomic E-state index is 0.302. The van der Waals surface area contributed by atoms with Crippen LogP contribution in [0.2, 0.25) is 0 Å². The predicted molar refractivity (Wildman–Crippen MR) is 68.5 cm³/mol. The highest BCUT2D eigenvalue weighted by Crippen LogP contribution is 2.17. The van der Waals surface area contributed by atoms with E-state index in [4.69, 9.17) is 0 Å². The molecule has 0 amide bonds. The predicted octanol–water partition coefficient (Wildman–Crippen LogP) is 1.18. The molecule has 1 aliphatic heterocycles. The number of rotatable bonds is 7. The average molecular weight is 228 g/mol. The first kappa shape index (κ1) is 13.9. The first-order valence-electron chi connectivity index (χ1n) is 6.63. The second-order valence-corrected chi connectivity index (χ2v) is 5.60. The molecule has 1 rings (SSSR count). The van der Waals surface area contributed by atoms with E-state index in [1.54, 1.807) is 0 Å². The zero-order valence-corrected chi connectivity index (χ0v) is 11.1. The van der Waals surface area contributed by atoms with E-state index in [-0.39, 0.29) is 0 Å². The molecular weight excluding hydrogens is 200 g/mol. The summed E-state index contributed by atoms with van der Waals surface area (Å²) >= 11 is 0. The van der Waals surface area contributed by atoms with E-state index in [0.29, 0.717) is 18.4 Å². The number of nitrogens with zero attached hydrogens (tertiary/aromatic N) is 1. The highest BCUT2D eigenvalue weighted by Gasteiger charge is 2.18. The van der Waals surface area contributed by atoms with Gasteiger partial charge in [0.2, 0.25) is 0 Å². The second-order valence-electron chi connectivity index (χ2n) is 5.60. The molecule has 0 spiro atoms. The van der Waals surface area contributed by atoms with Crippen molar-refractivity contribution >= 4 is 0 Å². The lowest BCUT2D eigenvalue weighted by Gasteiger charge is -2.19. The van der Waals surface area contributed by atoms with Crippen molar-refractivity contribution < 1.29 is 5.11 Å². The highest BCUT2D eigenvalue weighted by molar-refractivity contribution is 4.74. The summed E-state index contributed by atoms with van der Waals surface area (Å²) in [5.74, 6) is 1.85. The molecule has 2 N–H and O–H groups in total. The molecule has 2 unspecified atom stereocenters. The van der Waals surface area contributed by atoms with Crippen LogP contribution >= 0.6 is 0 Å². The fourth-order valence-corrected chi connectivity index (χ4v) is 2.37. The summed E-state index contributed by atoms with van der Waals surface area (Å²) in [5, 5.41) is 12.7. The lowest BCUT2D eigenvalue weighted by atomic mass is 9.96. The number of aliphatic hydroxyl groups excluding tert-OH is 1. The van der Waals surface area contributed by atoms with Crippen LogP contribution < -0.4 is 5.32 Å². The molecule has 0 radical (unpaired) electrons. The fourth-order valence-electron chi connectivity index (χ4n) is 2.37. The molecule has 0 aliphatic carbocycles. The highest BCUT2D eigenvalue weighted by atomic mass is 16.3. The summed E-state index contributed by atoms with van der Waals surface area (Å²) < 4.78 is 0. The molecule has 2 atom stereocenters. The molecule has 1 saturated heterocycles. The third-order valence-electron chi connectivity index (χ3n) is 3.80. The Kier molecular flexibility index (Phi) is 6.32. The monoisotopic (exact) mass is 228 g/mol. The van der Waals surface area contributed by atoms with E-state index in [1.807, 2.05) is 0 Å². The standard InChI is InChI=1S/C13H28N2O/c1-11(2)13(10-16)8-14-6-4-12-5-7-15(3)9-12/h11-14,16H,4-10H2,1-3H3. The van der Waals surface area contributed by atoms with Gasteiger partial charge in [-0.05, 0) is 50.7 Å². The van der Waals surface area contributed by atoms with Gasteiger partial charge in [0.25, 0.3) is 0 Å². The Bertz CT molecular complexity index is 185. The molecule has 0 aromatic rings. The van der Waals surface area contributed by atoms with Gasteiger partial charge in [-0.15, -0.1) is 0 Å². The van der Waals surface area contributed by atoms with Gasteiger partial charge in [0.1, 0.15) is 0 Å². The molecule has 1 aliphatic rings. The molecule has 0 aromatic carbocycles. The Morgan fingerprint density at radius 1 is 1.44 bits per heavy atom. The van der Waals surface area contributed by atoms with Gasteiger partial charge in [0, 0.05) is 19.7 Å². The average Bonchev–Trinajstić information content (AvgIpc) is 2.64. The van der Waals surface area contributed by atoms with Crippen LogP contribution in [0.4, 0.5) is 0 Å². The topological polar surface area (TPSA) is 35.5 Å². The third kappa shape index (κ3) is 4.81. The summed E-state index contributed by atoms with van der Waals surface area (Å²) in [6.07, 6.45) is 2.63. The van der Waals surface area contributed by atoms with Crippen LogP contribution in [0.15, 0.2) is 0 Å². The van der Waals surface area contributed by atoms with Gasteiger partial charge < -0.3 is 15.3 Å². The first-order chi connectivity index (χ1) is 7.63. The Balaban J connectivity index is 2.03. The van der Waals surface area contributed by atoms with Crippen LogP contribution in [0.5, 0.6) is 0 Å². The van der Waals surface area contributed by atoms with Gasteiger partial charge in [-0.1, -0.05) is 13.8 Å². The number of hydrogen-bond donors (Lipinski definition) is 2. The Morgan fingerprint density at radius 2 is 2.19 bits per heavy atom. The molecular formula is C13H28N2O. The van der Waals surface area contributed by atoms with E-state index >= 15 is 0 Å². The Hall–Kier alpha value is -0.120. The second kappa shape index (κ2) is 7.25. The molecule has 16 heavy (non-hydrogen) atoms. The molecule has 3 nitrogen and oxygen atoms in total. The molecule has 1 fully saturated rings. The minimum Gasteiger partial charge on any atom is -0.396 e. The summed E-state index contributed by atoms with van der Waals surface area (Å²) in [7, 11) is 2.20. The summed E-state index contributed by atoms with van der Waals surface area (Å²) in [6, 6.07) is 0. The van der Waals surface area contributed by atoms with Crippen molar-refractivity contribution in [1.82, 2.24) is 10.2 Å². The number of likely N-dealkylation sites (tertiary alicyclic amines) is 1. The van der Waals surface area contributed by atoms with Crippen LogP contribution in [0.1, 0.15) is 26.7 Å². The van der Waals surface area contributed by atoms with E-state index in [2.05, 4.69) is 31.1 Å². The van der Waals surface area contributed by atoms with Crippen molar-refractivity contribution in [2.75, 3.05) is 39.8 Å². The maximum Gasteiger partial charge on any atom is 0.0473 e. The summed E-state index contributed by atoms with van der Waals surface area (Å²) in [5.41, 5.74) is 0. The van der Waals surface area contributed by atoms with E-state index in [9.17, 15) is 5.11 Å². The lowest BCUT2D eigenvalue weighted by molar-refractivity contribution is 0.186. The van der Waals surface area contributed by atoms with Gasteiger partial charge >= 0.3 is 0 Å². The molecule has 1 heterocycles. The zero-order valence-electron chi connectivity index (χ0n) is 11.1. The molecule has 96 valence electrons. The van der Waals surface area contributed by atoms with Gasteiger partial charge in [-0.2, -0.15) is 0 Å². The number of nitrogens with one attached hydrogen (secondary N) is 1. The first-order valence-corrected chi connectivity index (χ1v) is 6.63.